The lowest BCUT2D eigenvalue weighted by atomic mass is 10.0. The molecule has 1 aliphatic heterocycles. The summed E-state index contributed by atoms with van der Waals surface area (Å²) < 4.78 is 0. The van der Waals surface area contributed by atoms with Crippen LogP contribution in [0.4, 0.5) is 0 Å². The Hall–Kier alpha value is -1.35. The third-order valence-corrected chi connectivity index (χ3v) is 3.30. The molecule has 1 heterocycles. The quantitative estimate of drug-likeness (QED) is 0.804. The standard InChI is InChI=1S/C14H19NO2/c1-10-5-6-13(11(2)8-10)14(17)15-7-3-4-12(16)9-15/h5-6,8,12,16H,3-4,7,9H2,1-2H3/t12-/m0/s1. The minimum Gasteiger partial charge on any atom is -0.391 e. The van der Waals surface area contributed by atoms with Gasteiger partial charge in [0.2, 0.25) is 0 Å². The summed E-state index contributed by atoms with van der Waals surface area (Å²) in [5, 5.41) is 9.59. The lowest BCUT2D eigenvalue weighted by Crippen LogP contribution is -2.42. The zero-order valence-electron chi connectivity index (χ0n) is 10.4. The molecule has 92 valence electrons. The summed E-state index contributed by atoms with van der Waals surface area (Å²) >= 11 is 0. The number of piperidine rings is 1. The van der Waals surface area contributed by atoms with E-state index in [0.29, 0.717) is 6.54 Å². The molecule has 0 radical (unpaired) electrons. The van der Waals surface area contributed by atoms with Crippen molar-refractivity contribution in [3.63, 3.8) is 0 Å². The minimum atomic E-state index is -0.363. The average molecular weight is 233 g/mol. The van der Waals surface area contributed by atoms with Crippen LogP contribution in [0.2, 0.25) is 0 Å². The van der Waals surface area contributed by atoms with Gasteiger partial charge in [-0.1, -0.05) is 17.7 Å². The number of rotatable bonds is 1. The Kier molecular flexibility index (Phi) is 3.48. The van der Waals surface area contributed by atoms with Gasteiger partial charge in [0, 0.05) is 18.7 Å². The molecule has 1 aromatic rings. The Balaban J connectivity index is 2.18. The lowest BCUT2D eigenvalue weighted by molar-refractivity contribution is 0.0473. The summed E-state index contributed by atoms with van der Waals surface area (Å²) in [6, 6.07) is 5.86. The molecule has 1 amide bonds. The van der Waals surface area contributed by atoms with Gasteiger partial charge in [0.1, 0.15) is 0 Å². The average Bonchev–Trinajstić information content (AvgIpc) is 2.28. The van der Waals surface area contributed by atoms with E-state index in [-0.39, 0.29) is 12.0 Å². The molecule has 3 heteroatoms. The van der Waals surface area contributed by atoms with Gasteiger partial charge >= 0.3 is 0 Å². The topological polar surface area (TPSA) is 40.5 Å². The third kappa shape index (κ3) is 2.67. The van der Waals surface area contributed by atoms with Gasteiger partial charge in [0.15, 0.2) is 0 Å². The highest BCUT2D eigenvalue weighted by molar-refractivity contribution is 5.95. The van der Waals surface area contributed by atoms with Gasteiger partial charge in [0.25, 0.3) is 5.91 Å². The smallest absolute Gasteiger partial charge is 0.254 e. The van der Waals surface area contributed by atoms with Crippen LogP contribution in [-0.4, -0.2) is 35.1 Å². The van der Waals surface area contributed by atoms with Crippen LogP contribution < -0.4 is 0 Å². The van der Waals surface area contributed by atoms with Crippen LogP contribution in [0.3, 0.4) is 0 Å². The van der Waals surface area contributed by atoms with Crippen molar-refractivity contribution in [2.24, 2.45) is 0 Å². The third-order valence-electron chi connectivity index (χ3n) is 3.30. The normalized spacial score (nSPS) is 20.4. The van der Waals surface area contributed by atoms with Crippen molar-refractivity contribution in [1.82, 2.24) is 4.90 Å². The van der Waals surface area contributed by atoms with Crippen molar-refractivity contribution in [1.29, 1.82) is 0 Å². The molecule has 0 bridgehead atoms. The molecule has 3 nitrogen and oxygen atoms in total. The molecule has 17 heavy (non-hydrogen) atoms. The van der Waals surface area contributed by atoms with Crippen LogP contribution in [0, 0.1) is 13.8 Å². The minimum absolute atomic E-state index is 0.0428. The first-order valence-corrected chi connectivity index (χ1v) is 6.12. The molecular weight excluding hydrogens is 214 g/mol. The number of aliphatic hydroxyl groups is 1. The van der Waals surface area contributed by atoms with Crippen molar-refractivity contribution in [2.75, 3.05) is 13.1 Å². The van der Waals surface area contributed by atoms with Crippen LogP contribution in [0.25, 0.3) is 0 Å². The van der Waals surface area contributed by atoms with E-state index >= 15 is 0 Å². The second kappa shape index (κ2) is 4.88. The largest absolute Gasteiger partial charge is 0.391 e. The summed E-state index contributed by atoms with van der Waals surface area (Å²) in [4.78, 5) is 14.0. The highest BCUT2D eigenvalue weighted by Gasteiger charge is 2.23. The first kappa shape index (κ1) is 12.1. The molecule has 0 aromatic heterocycles. The molecule has 1 saturated heterocycles. The Labute approximate surface area is 102 Å². The van der Waals surface area contributed by atoms with Crippen LogP contribution in [0.15, 0.2) is 18.2 Å². The fraction of sp³-hybridized carbons (Fsp3) is 0.500. The number of benzene rings is 1. The van der Waals surface area contributed by atoms with E-state index < -0.39 is 0 Å². The molecule has 1 atom stereocenters. The van der Waals surface area contributed by atoms with E-state index in [1.165, 1.54) is 0 Å². The van der Waals surface area contributed by atoms with E-state index in [1.807, 2.05) is 32.0 Å². The molecule has 1 fully saturated rings. The Bertz CT molecular complexity index is 428. The molecular formula is C14H19NO2. The summed E-state index contributed by atoms with van der Waals surface area (Å²) in [6.45, 7) is 5.20. The first-order valence-electron chi connectivity index (χ1n) is 6.12. The number of carbonyl (C=O) groups excluding carboxylic acids is 1. The van der Waals surface area contributed by atoms with Crippen molar-refractivity contribution >= 4 is 5.91 Å². The first-order chi connectivity index (χ1) is 8.08. The number of aliphatic hydroxyl groups excluding tert-OH is 1. The van der Waals surface area contributed by atoms with Gasteiger partial charge in [-0.25, -0.2) is 0 Å². The molecule has 1 aliphatic rings. The highest BCUT2D eigenvalue weighted by atomic mass is 16.3. The lowest BCUT2D eigenvalue weighted by Gasteiger charge is -2.30. The summed E-state index contributed by atoms with van der Waals surface area (Å²) in [5.41, 5.74) is 2.93. The molecule has 0 aliphatic carbocycles. The van der Waals surface area contributed by atoms with Crippen molar-refractivity contribution in [3.8, 4) is 0 Å². The molecule has 0 unspecified atom stereocenters. The van der Waals surface area contributed by atoms with Gasteiger partial charge in [0.05, 0.1) is 6.10 Å². The number of nitrogens with zero attached hydrogens (tertiary/aromatic N) is 1. The van der Waals surface area contributed by atoms with Gasteiger partial charge in [-0.3, -0.25) is 4.79 Å². The van der Waals surface area contributed by atoms with Crippen molar-refractivity contribution in [2.45, 2.75) is 32.8 Å². The molecule has 2 rings (SSSR count). The van der Waals surface area contributed by atoms with Crippen molar-refractivity contribution < 1.29 is 9.90 Å². The predicted molar refractivity (Wildman–Crippen MR) is 67.1 cm³/mol. The van der Waals surface area contributed by atoms with Gasteiger partial charge in [-0.05, 0) is 38.3 Å². The molecule has 0 saturated carbocycles. The molecule has 1 N–H and O–H groups in total. The maximum absolute atomic E-state index is 12.3. The van der Waals surface area contributed by atoms with E-state index in [1.54, 1.807) is 4.90 Å². The number of hydrogen-bond donors (Lipinski definition) is 1. The van der Waals surface area contributed by atoms with Crippen LogP contribution in [-0.2, 0) is 0 Å². The SMILES string of the molecule is Cc1ccc(C(=O)N2CCC[C@H](O)C2)c(C)c1. The summed E-state index contributed by atoms with van der Waals surface area (Å²) in [7, 11) is 0. The van der Waals surface area contributed by atoms with E-state index in [4.69, 9.17) is 0 Å². The fourth-order valence-corrected chi connectivity index (χ4v) is 2.36. The Morgan fingerprint density at radius 1 is 1.41 bits per heavy atom. The van der Waals surface area contributed by atoms with Crippen LogP contribution in [0.5, 0.6) is 0 Å². The predicted octanol–water partition coefficient (Wildman–Crippen LogP) is 1.90. The number of likely N-dealkylation sites (tertiary alicyclic amines) is 1. The zero-order chi connectivity index (χ0) is 12.4. The van der Waals surface area contributed by atoms with Crippen LogP contribution in [0.1, 0.15) is 34.3 Å². The Morgan fingerprint density at radius 2 is 2.18 bits per heavy atom. The monoisotopic (exact) mass is 233 g/mol. The Morgan fingerprint density at radius 3 is 2.82 bits per heavy atom. The van der Waals surface area contributed by atoms with Crippen LogP contribution >= 0.6 is 0 Å². The maximum Gasteiger partial charge on any atom is 0.254 e. The van der Waals surface area contributed by atoms with Gasteiger partial charge in [-0.15, -0.1) is 0 Å². The number of hydrogen-bond acceptors (Lipinski definition) is 2. The maximum atomic E-state index is 12.3. The van der Waals surface area contributed by atoms with E-state index in [9.17, 15) is 9.90 Å². The number of amides is 1. The van der Waals surface area contributed by atoms with Gasteiger partial charge in [-0.2, -0.15) is 0 Å². The van der Waals surface area contributed by atoms with Crippen molar-refractivity contribution in [3.05, 3.63) is 34.9 Å². The number of aryl methyl sites for hydroxylation is 2. The number of carbonyl (C=O) groups is 1. The molecule has 1 aromatic carbocycles. The van der Waals surface area contributed by atoms with E-state index in [2.05, 4.69) is 0 Å². The summed E-state index contributed by atoms with van der Waals surface area (Å²) in [5.74, 6) is 0.0428. The number of β-amino-alcohol motifs (C(OH)–C–C–N with tert-alkyl or cyclic N) is 1. The zero-order valence-corrected chi connectivity index (χ0v) is 10.4. The summed E-state index contributed by atoms with van der Waals surface area (Å²) in [6.07, 6.45) is 1.33. The highest BCUT2D eigenvalue weighted by Crippen LogP contribution is 2.17. The van der Waals surface area contributed by atoms with Gasteiger partial charge < -0.3 is 10.0 Å². The second-order valence-corrected chi connectivity index (χ2v) is 4.87. The molecule has 0 spiro atoms. The fourth-order valence-electron chi connectivity index (χ4n) is 2.36. The van der Waals surface area contributed by atoms with E-state index in [0.717, 1.165) is 36.1 Å². The second-order valence-electron chi connectivity index (χ2n) is 4.87.